The molecule has 0 spiro atoms. The molecule has 2 aromatic heterocycles. The van der Waals surface area contributed by atoms with Crippen molar-refractivity contribution in [2.45, 2.75) is 33.1 Å². The van der Waals surface area contributed by atoms with Crippen LogP contribution in [0.1, 0.15) is 36.9 Å². The van der Waals surface area contributed by atoms with E-state index in [-0.39, 0.29) is 5.92 Å². The molecule has 0 aromatic carbocycles. The molecule has 3 N–H and O–H groups in total. The summed E-state index contributed by atoms with van der Waals surface area (Å²) in [5.74, 6) is 3.33. The molecule has 0 unspecified atom stereocenters. The Kier molecular flexibility index (Phi) is 4.04. The highest BCUT2D eigenvalue weighted by Gasteiger charge is 2.10. The number of nitrogens with zero attached hydrogens (tertiary/aromatic N) is 2. The van der Waals surface area contributed by atoms with Crippen molar-refractivity contribution < 1.29 is 4.42 Å². The van der Waals surface area contributed by atoms with E-state index in [0.29, 0.717) is 5.82 Å². The Morgan fingerprint density at radius 2 is 2.16 bits per heavy atom. The van der Waals surface area contributed by atoms with Gasteiger partial charge in [0.05, 0.1) is 6.26 Å². The van der Waals surface area contributed by atoms with Crippen LogP contribution in [0, 0.1) is 6.92 Å². The lowest BCUT2D eigenvalue weighted by atomic mass is 10.2. The summed E-state index contributed by atoms with van der Waals surface area (Å²) in [6, 6.07) is 3.85. The van der Waals surface area contributed by atoms with Crippen LogP contribution in [-0.2, 0) is 6.42 Å². The molecule has 0 saturated heterocycles. The molecule has 0 atom stereocenters. The monoisotopic (exact) mass is 260 g/mol. The third kappa shape index (κ3) is 3.24. The Balaban J connectivity index is 2.06. The highest BCUT2D eigenvalue weighted by molar-refractivity contribution is 5.54. The lowest BCUT2D eigenvalue weighted by Gasteiger charge is -2.13. The summed E-state index contributed by atoms with van der Waals surface area (Å²) in [4.78, 5) is 8.82. The minimum atomic E-state index is 0.258. The van der Waals surface area contributed by atoms with Gasteiger partial charge in [0.2, 0.25) is 0 Å². The molecule has 0 bridgehead atoms. The SMILES string of the molecule is Cc1c(N)nc(C(C)C)nc1NCCc1ccco1. The predicted molar refractivity (Wildman–Crippen MR) is 76.2 cm³/mol. The van der Waals surface area contributed by atoms with Gasteiger partial charge >= 0.3 is 0 Å². The van der Waals surface area contributed by atoms with Crippen molar-refractivity contribution >= 4 is 11.6 Å². The summed E-state index contributed by atoms with van der Waals surface area (Å²) in [6.07, 6.45) is 2.49. The first-order valence-electron chi connectivity index (χ1n) is 6.48. The zero-order chi connectivity index (χ0) is 13.8. The highest BCUT2D eigenvalue weighted by Crippen LogP contribution is 2.20. The lowest BCUT2D eigenvalue weighted by Crippen LogP contribution is -2.12. The molecule has 0 aliphatic heterocycles. The number of nitrogen functional groups attached to an aromatic ring is 1. The molecule has 19 heavy (non-hydrogen) atoms. The fourth-order valence-electron chi connectivity index (χ4n) is 1.74. The highest BCUT2D eigenvalue weighted by atomic mass is 16.3. The van der Waals surface area contributed by atoms with Crippen LogP contribution < -0.4 is 11.1 Å². The van der Waals surface area contributed by atoms with Crippen LogP contribution in [0.4, 0.5) is 11.6 Å². The van der Waals surface area contributed by atoms with Gasteiger partial charge in [0.1, 0.15) is 23.2 Å². The van der Waals surface area contributed by atoms with E-state index in [1.165, 1.54) is 0 Å². The predicted octanol–water partition coefficient (Wildman–Crippen LogP) is 2.74. The lowest BCUT2D eigenvalue weighted by molar-refractivity contribution is 0.513. The van der Waals surface area contributed by atoms with Crippen molar-refractivity contribution in [2.75, 3.05) is 17.6 Å². The molecule has 102 valence electrons. The molecule has 0 radical (unpaired) electrons. The maximum absolute atomic E-state index is 5.92. The number of hydrogen-bond acceptors (Lipinski definition) is 5. The quantitative estimate of drug-likeness (QED) is 0.864. The van der Waals surface area contributed by atoms with Crippen LogP contribution in [0.15, 0.2) is 22.8 Å². The summed E-state index contributed by atoms with van der Waals surface area (Å²) in [5.41, 5.74) is 6.81. The first-order chi connectivity index (χ1) is 9.08. The molecular formula is C14H20N4O. The average Bonchev–Trinajstić information content (AvgIpc) is 2.87. The standard InChI is InChI=1S/C14H20N4O/c1-9(2)13-17-12(15)10(3)14(18-13)16-7-6-11-5-4-8-19-11/h4-5,8-9H,6-7H2,1-3H3,(H3,15,16,17,18). The molecule has 0 saturated carbocycles. The second-order valence-electron chi connectivity index (χ2n) is 4.85. The van der Waals surface area contributed by atoms with Crippen LogP contribution in [0.3, 0.4) is 0 Å². The molecule has 5 nitrogen and oxygen atoms in total. The Labute approximate surface area is 113 Å². The Morgan fingerprint density at radius 3 is 2.79 bits per heavy atom. The van der Waals surface area contributed by atoms with E-state index in [4.69, 9.17) is 10.2 Å². The summed E-state index contributed by atoms with van der Waals surface area (Å²) in [5, 5.41) is 3.30. The summed E-state index contributed by atoms with van der Waals surface area (Å²) >= 11 is 0. The normalized spacial score (nSPS) is 10.9. The van der Waals surface area contributed by atoms with E-state index in [1.807, 2.05) is 19.1 Å². The minimum Gasteiger partial charge on any atom is -0.469 e. The van der Waals surface area contributed by atoms with Crippen LogP contribution in [0.5, 0.6) is 0 Å². The number of furan rings is 1. The van der Waals surface area contributed by atoms with E-state index in [0.717, 1.165) is 35.9 Å². The molecule has 2 heterocycles. The molecule has 2 aromatic rings. The van der Waals surface area contributed by atoms with Gasteiger partial charge in [-0.15, -0.1) is 0 Å². The van der Waals surface area contributed by atoms with E-state index in [9.17, 15) is 0 Å². The maximum Gasteiger partial charge on any atom is 0.135 e. The van der Waals surface area contributed by atoms with Crippen molar-refractivity contribution in [3.8, 4) is 0 Å². The number of aromatic nitrogens is 2. The third-order valence-corrected chi connectivity index (χ3v) is 2.96. The van der Waals surface area contributed by atoms with Crippen molar-refractivity contribution in [3.05, 3.63) is 35.5 Å². The number of anilines is 2. The summed E-state index contributed by atoms with van der Waals surface area (Å²) < 4.78 is 5.29. The van der Waals surface area contributed by atoms with Crippen molar-refractivity contribution in [3.63, 3.8) is 0 Å². The van der Waals surface area contributed by atoms with Gasteiger partial charge in [-0.3, -0.25) is 0 Å². The largest absolute Gasteiger partial charge is 0.469 e. The molecule has 0 aliphatic rings. The van der Waals surface area contributed by atoms with Gasteiger partial charge in [0.15, 0.2) is 0 Å². The van der Waals surface area contributed by atoms with E-state index >= 15 is 0 Å². The van der Waals surface area contributed by atoms with Gasteiger partial charge in [-0.2, -0.15) is 0 Å². The topological polar surface area (TPSA) is 77.0 Å². The third-order valence-electron chi connectivity index (χ3n) is 2.96. The Hall–Kier alpha value is -2.04. The zero-order valence-corrected chi connectivity index (χ0v) is 11.6. The second-order valence-corrected chi connectivity index (χ2v) is 4.85. The van der Waals surface area contributed by atoms with Crippen molar-refractivity contribution in [1.82, 2.24) is 9.97 Å². The number of hydrogen-bond donors (Lipinski definition) is 2. The van der Waals surface area contributed by atoms with Crippen molar-refractivity contribution in [2.24, 2.45) is 0 Å². The minimum absolute atomic E-state index is 0.258. The Morgan fingerprint density at radius 1 is 1.37 bits per heavy atom. The first-order valence-corrected chi connectivity index (χ1v) is 6.48. The molecule has 0 amide bonds. The molecule has 0 fully saturated rings. The van der Waals surface area contributed by atoms with Crippen LogP contribution >= 0.6 is 0 Å². The number of nitrogens with one attached hydrogen (secondary N) is 1. The van der Waals surface area contributed by atoms with E-state index < -0.39 is 0 Å². The molecular weight excluding hydrogens is 240 g/mol. The van der Waals surface area contributed by atoms with Crippen LogP contribution in [0.25, 0.3) is 0 Å². The Bertz CT molecular complexity index is 535. The van der Waals surface area contributed by atoms with E-state index in [2.05, 4.69) is 29.1 Å². The van der Waals surface area contributed by atoms with E-state index in [1.54, 1.807) is 6.26 Å². The van der Waals surface area contributed by atoms with Gasteiger partial charge in [-0.1, -0.05) is 13.8 Å². The van der Waals surface area contributed by atoms with Gasteiger partial charge in [-0.25, -0.2) is 9.97 Å². The van der Waals surface area contributed by atoms with Gasteiger partial charge < -0.3 is 15.5 Å². The maximum atomic E-state index is 5.92. The van der Waals surface area contributed by atoms with Crippen molar-refractivity contribution in [1.29, 1.82) is 0 Å². The first kappa shape index (κ1) is 13.4. The smallest absolute Gasteiger partial charge is 0.135 e. The molecule has 5 heteroatoms. The van der Waals surface area contributed by atoms with Gasteiger partial charge in [-0.05, 0) is 19.1 Å². The van der Waals surface area contributed by atoms with Gasteiger partial charge in [0, 0.05) is 24.4 Å². The fraction of sp³-hybridized carbons (Fsp3) is 0.429. The summed E-state index contributed by atoms with van der Waals surface area (Å²) in [6.45, 7) is 6.78. The number of nitrogens with two attached hydrogens (primary N) is 1. The second kappa shape index (κ2) is 5.73. The summed E-state index contributed by atoms with van der Waals surface area (Å²) in [7, 11) is 0. The van der Waals surface area contributed by atoms with Gasteiger partial charge in [0.25, 0.3) is 0 Å². The van der Waals surface area contributed by atoms with Crippen LogP contribution in [0.2, 0.25) is 0 Å². The number of rotatable bonds is 5. The molecule has 0 aliphatic carbocycles. The molecule has 2 rings (SSSR count). The zero-order valence-electron chi connectivity index (χ0n) is 11.6. The van der Waals surface area contributed by atoms with Crippen LogP contribution in [-0.4, -0.2) is 16.5 Å². The average molecular weight is 260 g/mol. The fourth-order valence-corrected chi connectivity index (χ4v) is 1.74.